The monoisotopic (exact) mass is 703 g/mol. The predicted molar refractivity (Wildman–Crippen MR) is 176 cm³/mol. The van der Waals surface area contributed by atoms with Gasteiger partial charge in [0.2, 0.25) is 0 Å². The van der Waals surface area contributed by atoms with E-state index in [0.717, 1.165) is 16.7 Å². The van der Waals surface area contributed by atoms with Crippen molar-refractivity contribution in [3.05, 3.63) is 99.9 Å². The maximum atomic E-state index is 12.7. The molecule has 1 fully saturated rings. The molecule has 0 aliphatic carbocycles. The zero-order valence-electron chi connectivity index (χ0n) is 27.8. The van der Waals surface area contributed by atoms with Crippen molar-refractivity contribution in [2.24, 2.45) is 5.11 Å². The summed E-state index contributed by atoms with van der Waals surface area (Å²) in [6.45, 7) is -0.453. The zero-order chi connectivity index (χ0) is 35.1. The van der Waals surface area contributed by atoms with E-state index >= 15 is 0 Å². The molecule has 266 valence electrons. The van der Waals surface area contributed by atoms with Crippen molar-refractivity contribution in [1.82, 2.24) is 0 Å². The number of azide groups is 1. The second-order valence-corrected chi connectivity index (χ2v) is 12.2. The Hall–Kier alpha value is -3.72. The van der Waals surface area contributed by atoms with E-state index < -0.39 is 45.1 Å². The molecule has 0 spiro atoms. The number of nitrogens with zero attached hydrogens (tertiary/aromatic N) is 3. The number of hydrogen-bond donors (Lipinski definition) is 1. The summed E-state index contributed by atoms with van der Waals surface area (Å²) < 4.78 is 70.3. The van der Waals surface area contributed by atoms with Crippen LogP contribution in [-0.2, 0) is 57.1 Å². The van der Waals surface area contributed by atoms with Crippen LogP contribution in [-0.4, -0.2) is 83.8 Å². The van der Waals surface area contributed by atoms with Crippen molar-refractivity contribution in [1.29, 1.82) is 0 Å². The smallest absolute Gasteiger partial charge is 0.472 e. The Morgan fingerprint density at radius 3 is 1.59 bits per heavy atom. The molecule has 4 rings (SSSR count). The van der Waals surface area contributed by atoms with Gasteiger partial charge in [0, 0.05) is 18.6 Å². The fraction of sp³-hybridized carbons (Fsp3) is 0.455. The topological polar surface area (TPSA) is 178 Å². The molecule has 0 saturated carbocycles. The fourth-order valence-corrected chi connectivity index (χ4v) is 5.68. The minimum absolute atomic E-state index is 0.124. The van der Waals surface area contributed by atoms with Gasteiger partial charge in [-0.2, -0.15) is 0 Å². The number of benzene rings is 3. The molecular formula is C33H42N3O12P. The van der Waals surface area contributed by atoms with Gasteiger partial charge in [-0.05, 0) is 58.6 Å². The summed E-state index contributed by atoms with van der Waals surface area (Å²) >= 11 is 0. The molecule has 3 aromatic rings. The number of hydrogen-bond acceptors (Lipinski definition) is 12. The van der Waals surface area contributed by atoms with Gasteiger partial charge in [-0.3, -0.25) is 9.05 Å². The van der Waals surface area contributed by atoms with Crippen LogP contribution < -0.4 is 14.2 Å². The van der Waals surface area contributed by atoms with Gasteiger partial charge in [-0.1, -0.05) is 41.5 Å². The molecule has 1 unspecified atom stereocenters. The minimum Gasteiger partial charge on any atom is -0.497 e. The van der Waals surface area contributed by atoms with Crippen molar-refractivity contribution in [2.75, 3.05) is 48.2 Å². The largest absolute Gasteiger partial charge is 0.497 e. The standard InChI is InChI=1S/C33H42N3O12P/c1-39-26-11-5-23(6-12-26)19-43-30-29(22-47-49(37,38)46-18-17-35-36-34)48-33(42-4)32(45-21-25-9-15-28(41-3)16-10-25)31(30)44-20-24-7-13-27(40-2)14-8-24/h5-16,29-33H,17-22H2,1-4H3,(H,37,38)/t29-,30-,31+,32+,33+/m1/s1. The molecule has 1 aliphatic rings. The fourth-order valence-electron chi connectivity index (χ4n) is 4.96. The number of methoxy groups -OCH3 is 4. The highest BCUT2D eigenvalue weighted by molar-refractivity contribution is 7.47. The third-order valence-electron chi connectivity index (χ3n) is 7.54. The average molecular weight is 704 g/mol. The number of rotatable bonds is 20. The Labute approximate surface area is 285 Å². The number of phosphoric ester groups is 1. The van der Waals surface area contributed by atoms with E-state index in [1.54, 1.807) is 21.3 Å². The Kier molecular flexibility index (Phi) is 15.1. The van der Waals surface area contributed by atoms with Crippen molar-refractivity contribution >= 4 is 7.82 Å². The molecule has 1 aliphatic heterocycles. The molecule has 16 heteroatoms. The first-order valence-electron chi connectivity index (χ1n) is 15.3. The van der Waals surface area contributed by atoms with E-state index in [1.807, 2.05) is 72.8 Å². The van der Waals surface area contributed by atoms with Crippen LogP contribution in [0.2, 0.25) is 0 Å². The predicted octanol–water partition coefficient (Wildman–Crippen LogP) is 5.58. The Morgan fingerprint density at radius 2 is 1.16 bits per heavy atom. The van der Waals surface area contributed by atoms with E-state index in [0.29, 0.717) is 17.2 Å². The lowest BCUT2D eigenvalue weighted by Gasteiger charge is -2.45. The van der Waals surface area contributed by atoms with Crippen LogP contribution in [0.25, 0.3) is 10.4 Å². The summed E-state index contributed by atoms with van der Waals surface area (Å²) in [5, 5.41) is 3.30. The number of ether oxygens (including phenoxy) is 8. The second kappa shape index (κ2) is 19.5. The molecule has 15 nitrogen and oxygen atoms in total. The molecule has 6 atom stereocenters. The molecule has 0 aromatic heterocycles. The first-order chi connectivity index (χ1) is 23.8. The highest BCUT2D eigenvalue weighted by atomic mass is 31.2. The van der Waals surface area contributed by atoms with Gasteiger partial charge in [0.15, 0.2) is 6.29 Å². The van der Waals surface area contributed by atoms with Crippen LogP contribution in [0.1, 0.15) is 16.7 Å². The summed E-state index contributed by atoms with van der Waals surface area (Å²) in [5.74, 6) is 2.09. The first-order valence-corrected chi connectivity index (χ1v) is 16.8. The maximum Gasteiger partial charge on any atom is 0.472 e. The van der Waals surface area contributed by atoms with Crippen molar-refractivity contribution in [2.45, 2.75) is 50.5 Å². The summed E-state index contributed by atoms with van der Waals surface area (Å²) in [6, 6.07) is 22.2. The molecule has 49 heavy (non-hydrogen) atoms. The molecule has 0 amide bonds. The average Bonchev–Trinajstić information content (AvgIpc) is 3.14. The van der Waals surface area contributed by atoms with Crippen LogP contribution >= 0.6 is 7.82 Å². The van der Waals surface area contributed by atoms with E-state index in [-0.39, 0.29) is 33.0 Å². The molecule has 3 aromatic carbocycles. The highest BCUT2D eigenvalue weighted by Gasteiger charge is 2.49. The van der Waals surface area contributed by atoms with E-state index in [4.69, 9.17) is 52.5 Å². The molecule has 1 saturated heterocycles. The maximum absolute atomic E-state index is 12.7. The van der Waals surface area contributed by atoms with Crippen molar-refractivity contribution in [3.8, 4) is 17.2 Å². The van der Waals surface area contributed by atoms with Crippen LogP contribution in [0.15, 0.2) is 77.9 Å². The molecule has 1 N–H and O–H groups in total. The summed E-state index contributed by atoms with van der Waals surface area (Å²) in [4.78, 5) is 12.9. The van der Waals surface area contributed by atoms with Crippen LogP contribution in [0.5, 0.6) is 17.2 Å². The van der Waals surface area contributed by atoms with E-state index in [9.17, 15) is 9.46 Å². The second-order valence-electron chi connectivity index (χ2n) is 10.7. The lowest BCUT2D eigenvalue weighted by Crippen LogP contribution is -2.61. The van der Waals surface area contributed by atoms with Crippen molar-refractivity contribution < 1.29 is 56.4 Å². The third-order valence-corrected chi connectivity index (χ3v) is 8.52. The van der Waals surface area contributed by atoms with Gasteiger partial charge >= 0.3 is 7.82 Å². The first kappa shape index (κ1) is 38.1. The molecule has 0 bridgehead atoms. The van der Waals surface area contributed by atoms with Crippen LogP contribution in [0, 0.1) is 0 Å². The Balaban J connectivity index is 1.62. The van der Waals surface area contributed by atoms with Gasteiger partial charge in [-0.25, -0.2) is 4.57 Å². The van der Waals surface area contributed by atoms with Gasteiger partial charge < -0.3 is 42.8 Å². The lowest BCUT2D eigenvalue weighted by atomic mass is 9.98. The Bertz CT molecular complexity index is 1510. The SMILES string of the molecule is COc1ccc(CO[C@@H]2[C@H](OCc3ccc(OC)cc3)[C@@H](OC)O[C@H](COP(=O)(O)OCCN=[N+]=[N-])[C@H]2OCc2ccc(OC)cc2)cc1. The minimum atomic E-state index is -4.57. The van der Waals surface area contributed by atoms with Gasteiger partial charge in [0.25, 0.3) is 0 Å². The van der Waals surface area contributed by atoms with E-state index in [2.05, 4.69) is 10.0 Å². The summed E-state index contributed by atoms with van der Waals surface area (Å²) in [7, 11) is 1.65. The van der Waals surface area contributed by atoms with E-state index in [1.165, 1.54) is 7.11 Å². The summed E-state index contributed by atoms with van der Waals surface area (Å²) in [5.41, 5.74) is 11.0. The molecular weight excluding hydrogens is 661 g/mol. The van der Waals surface area contributed by atoms with Gasteiger partial charge in [-0.15, -0.1) is 0 Å². The van der Waals surface area contributed by atoms with Crippen molar-refractivity contribution in [3.63, 3.8) is 0 Å². The van der Waals surface area contributed by atoms with Gasteiger partial charge in [0.1, 0.15) is 41.7 Å². The lowest BCUT2D eigenvalue weighted by molar-refractivity contribution is -0.320. The van der Waals surface area contributed by atoms with Crippen LogP contribution in [0.3, 0.4) is 0 Å². The molecule has 1 heterocycles. The quantitative estimate of drug-likeness (QED) is 0.0508. The molecule has 0 radical (unpaired) electrons. The summed E-state index contributed by atoms with van der Waals surface area (Å²) in [6.07, 6.45) is -4.50. The zero-order valence-corrected chi connectivity index (χ0v) is 28.7. The third kappa shape index (κ3) is 11.7. The Morgan fingerprint density at radius 1 is 0.714 bits per heavy atom. The van der Waals surface area contributed by atoms with Gasteiger partial charge in [0.05, 0.1) is 54.4 Å². The normalized spacial score (nSPS) is 21.7. The highest BCUT2D eigenvalue weighted by Crippen LogP contribution is 2.44. The number of phosphoric acid groups is 1. The van der Waals surface area contributed by atoms with Crippen LogP contribution in [0.4, 0.5) is 0 Å².